The van der Waals surface area contributed by atoms with Gasteiger partial charge in [0.05, 0.1) is 23.8 Å². The number of methoxy groups -OCH3 is 1. The monoisotopic (exact) mass is 486 g/mol. The first-order chi connectivity index (χ1) is 17.0. The van der Waals surface area contributed by atoms with Crippen molar-refractivity contribution >= 4 is 23.0 Å². The van der Waals surface area contributed by atoms with Crippen molar-refractivity contribution in [2.45, 2.75) is 18.6 Å². The van der Waals surface area contributed by atoms with Gasteiger partial charge in [-0.1, -0.05) is 18.2 Å². The summed E-state index contributed by atoms with van der Waals surface area (Å²) in [6, 6.07) is 23.3. The van der Waals surface area contributed by atoms with Crippen LogP contribution in [0.15, 0.2) is 89.5 Å². The molecule has 1 aliphatic heterocycles. The number of nitrogens with one attached hydrogen (secondary N) is 1. The highest BCUT2D eigenvalue weighted by Gasteiger charge is 2.41. The van der Waals surface area contributed by atoms with Crippen LogP contribution in [0.2, 0.25) is 0 Å². The Morgan fingerprint density at radius 1 is 1.09 bits per heavy atom. The lowest BCUT2D eigenvalue weighted by Gasteiger charge is -2.26. The molecule has 2 atom stereocenters. The van der Waals surface area contributed by atoms with E-state index in [1.165, 1.54) is 12.1 Å². The van der Waals surface area contributed by atoms with Crippen LogP contribution in [0, 0.1) is 10.1 Å². The van der Waals surface area contributed by atoms with E-state index in [2.05, 4.69) is 15.2 Å². The summed E-state index contributed by atoms with van der Waals surface area (Å²) in [7, 11) is 1.64. The maximum Gasteiger partial charge on any atom is 0.269 e. The molecule has 3 heterocycles. The van der Waals surface area contributed by atoms with E-state index in [0.717, 1.165) is 28.3 Å². The molecule has 0 saturated carbocycles. The number of nitro groups is 1. The molecule has 5 rings (SSSR count). The third kappa shape index (κ3) is 4.58. The summed E-state index contributed by atoms with van der Waals surface area (Å²) in [5.41, 5.74) is 2.72. The molecule has 0 amide bonds. The van der Waals surface area contributed by atoms with Gasteiger partial charge in [-0.25, -0.2) is 0 Å². The van der Waals surface area contributed by atoms with Crippen molar-refractivity contribution in [3.63, 3.8) is 0 Å². The molecule has 35 heavy (non-hydrogen) atoms. The SMILES string of the molecule is COc1ccc(CN2C(=S)N[C@@H](c3ccccn3)[C@@H]2c2ccc(-c3ccc([N+](=O)[O-])cc3)o2)cc1. The summed E-state index contributed by atoms with van der Waals surface area (Å²) in [5.74, 6) is 2.13. The molecule has 1 aliphatic rings. The molecule has 4 aromatic rings. The molecule has 0 spiro atoms. The van der Waals surface area contributed by atoms with Gasteiger partial charge < -0.3 is 19.4 Å². The molecular formula is C26H22N4O4S. The van der Waals surface area contributed by atoms with Gasteiger partial charge in [0.15, 0.2) is 5.11 Å². The fourth-order valence-electron chi connectivity index (χ4n) is 4.23. The van der Waals surface area contributed by atoms with Gasteiger partial charge >= 0.3 is 0 Å². The third-order valence-corrected chi connectivity index (χ3v) is 6.34. The summed E-state index contributed by atoms with van der Waals surface area (Å²) in [6.07, 6.45) is 1.76. The number of benzene rings is 2. The molecule has 1 N–H and O–H groups in total. The van der Waals surface area contributed by atoms with Crippen molar-refractivity contribution in [2.24, 2.45) is 0 Å². The van der Waals surface area contributed by atoms with Crippen LogP contribution < -0.4 is 10.1 Å². The second kappa shape index (κ2) is 9.55. The predicted octanol–water partition coefficient (Wildman–Crippen LogP) is 5.43. The fourth-order valence-corrected chi connectivity index (χ4v) is 4.53. The highest BCUT2D eigenvalue weighted by Crippen LogP contribution is 2.41. The van der Waals surface area contributed by atoms with E-state index in [9.17, 15) is 10.1 Å². The van der Waals surface area contributed by atoms with E-state index in [0.29, 0.717) is 17.4 Å². The number of furan rings is 1. The zero-order chi connectivity index (χ0) is 24.4. The average Bonchev–Trinajstić information content (AvgIpc) is 3.50. The number of hydrogen-bond acceptors (Lipinski definition) is 6. The highest BCUT2D eigenvalue weighted by molar-refractivity contribution is 7.80. The summed E-state index contributed by atoms with van der Waals surface area (Å²) >= 11 is 5.74. The molecule has 1 fully saturated rings. The van der Waals surface area contributed by atoms with E-state index in [1.54, 1.807) is 25.4 Å². The second-order valence-corrected chi connectivity index (χ2v) is 8.50. The number of ether oxygens (including phenoxy) is 1. The fraction of sp³-hybridized carbons (Fsp3) is 0.154. The van der Waals surface area contributed by atoms with Crippen molar-refractivity contribution in [1.29, 1.82) is 0 Å². The number of pyridine rings is 1. The van der Waals surface area contributed by atoms with Crippen molar-refractivity contribution in [3.05, 3.63) is 112 Å². The highest BCUT2D eigenvalue weighted by atomic mass is 32.1. The standard InChI is InChI=1S/C26H22N4O4S/c1-33-20-11-5-17(6-12-20)16-29-25(24(28-26(29)35)21-4-2-3-15-27-21)23-14-13-22(34-23)18-7-9-19(10-8-18)30(31)32/h2-15,24-25H,16H2,1H3,(H,28,35)/t24-,25-/m0/s1. The van der Waals surface area contributed by atoms with Crippen LogP contribution in [0.4, 0.5) is 5.69 Å². The van der Waals surface area contributed by atoms with Crippen LogP contribution in [0.5, 0.6) is 5.75 Å². The van der Waals surface area contributed by atoms with Gasteiger partial charge in [0.1, 0.15) is 23.3 Å². The molecular weight excluding hydrogens is 464 g/mol. The molecule has 176 valence electrons. The zero-order valence-corrected chi connectivity index (χ0v) is 19.6. The lowest BCUT2D eigenvalue weighted by Crippen LogP contribution is -2.29. The first-order valence-corrected chi connectivity index (χ1v) is 11.4. The van der Waals surface area contributed by atoms with E-state index in [4.69, 9.17) is 21.4 Å². The Labute approximate surface area is 207 Å². The van der Waals surface area contributed by atoms with E-state index < -0.39 is 4.92 Å². The van der Waals surface area contributed by atoms with E-state index in [-0.39, 0.29) is 17.8 Å². The minimum atomic E-state index is -0.420. The average molecular weight is 487 g/mol. The number of nitro benzene ring substituents is 1. The van der Waals surface area contributed by atoms with E-state index >= 15 is 0 Å². The smallest absolute Gasteiger partial charge is 0.269 e. The summed E-state index contributed by atoms with van der Waals surface area (Å²) in [5, 5.41) is 15.0. The van der Waals surface area contributed by atoms with Crippen LogP contribution in [0.25, 0.3) is 11.3 Å². The van der Waals surface area contributed by atoms with Crippen LogP contribution in [0.1, 0.15) is 29.1 Å². The molecule has 0 bridgehead atoms. The largest absolute Gasteiger partial charge is 0.497 e. The number of thiocarbonyl (C=S) groups is 1. The lowest BCUT2D eigenvalue weighted by atomic mass is 10.0. The Morgan fingerprint density at radius 2 is 1.86 bits per heavy atom. The number of hydrogen-bond donors (Lipinski definition) is 1. The third-order valence-electron chi connectivity index (χ3n) is 5.99. The topological polar surface area (TPSA) is 93.7 Å². The Morgan fingerprint density at radius 3 is 2.51 bits per heavy atom. The van der Waals surface area contributed by atoms with Gasteiger partial charge in [-0.15, -0.1) is 0 Å². The predicted molar refractivity (Wildman–Crippen MR) is 135 cm³/mol. The molecule has 9 heteroatoms. The van der Waals surface area contributed by atoms with Gasteiger partial charge in [0.2, 0.25) is 0 Å². The number of rotatable bonds is 7. The van der Waals surface area contributed by atoms with Crippen molar-refractivity contribution < 1.29 is 14.1 Å². The summed E-state index contributed by atoms with van der Waals surface area (Å²) in [4.78, 5) is 17.2. The Balaban J connectivity index is 1.49. The summed E-state index contributed by atoms with van der Waals surface area (Å²) < 4.78 is 11.6. The van der Waals surface area contributed by atoms with Crippen molar-refractivity contribution in [1.82, 2.24) is 15.2 Å². The van der Waals surface area contributed by atoms with Crippen molar-refractivity contribution in [2.75, 3.05) is 7.11 Å². The first kappa shape index (κ1) is 22.5. The maximum absolute atomic E-state index is 11.0. The first-order valence-electron chi connectivity index (χ1n) is 11.0. The van der Waals surface area contributed by atoms with Crippen LogP contribution >= 0.6 is 12.2 Å². The molecule has 0 unspecified atom stereocenters. The van der Waals surface area contributed by atoms with E-state index in [1.807, 2.05) is 54.6 Å². The molecule has 0 aliphatic carbocycles. The van der Waals surface area contributed by atoms with Crippen molar-refractivity contribution in [3.8, 4) is 17.1 Å². The van der Waals surface area contributed by atoms with Crippen LogP contribution in [0.3, 0.4) is 0 Å². The quantitative estimate of drug-likeness (QED) is 0.210. The van der Waals surface area contributed by atoms with Gasteiger partial charge in [-0.3, -0.25) is 15.1 Å². The summed E-state index contributed by atoms with van der Waals surface area (Å²) in [6.45, 7) is 0.567. The number of nitrogens with zero attached hydrogens (tertiary/aromatic N) is 3. The molecule has 0 radical (unpaired) electrons. The Kier molecular flexibility index (Phi) is 6.15. The van der Waals surface area contributed by atoms with Gasteiger partial charge in [-0.05, 0) is 66.3 Å². The van der Waals surface area contributed by atoms with Gasteiger partial charge in [0.25, 0.3) is 5.69 Å². The van der Waals surface area contributed by atoms with Crippen LogP contribution in [-0.4, -0.2) is 27.0 Å². The Bertz CT molecular complexity index is 1340. The molecule has 1 saturated heterocycles. The maximum atomic E-state index is 11.0. The Hall–Kier alpha value is -4.24. The normalized spacial score (nSPS) is 17.3. The lowest BCUT2D eigenvalue weighted by molar-refractivity contribution is -0.384. The number of non-ortho nitro benzene ring substituents is 1. The zero-order valence-electron chi connectivity index (χ0n) is 18.8. The minimum Gasteiger partial charge on any atom is -0.497 e. The van der Waals surface area contributed by atoms with Gasteiger partial charge in [0, 0.05) is 30.4 Å². The minimum absolute atomic E-state index is 0.0340. The molecule has 2 aromatic carbocycles. The van der Waals surface area contributed by atoms with Crippen LogP contribution in [-0.2, 0) is 6.54 Å². The number of aromatic nitrogens is 1. The van der Waals surface area contributed by atoms with Gasteiger partial charge in [-0.2, -0.15) is 0 Å². The molecule has 2 aromatic heterocycles. The molecule has 8 nitrogen and oxygen atoms in total. The second-order valence-electron chi connectivity index (χ2n) is 8.11.